The molecule has 0 aliphatic heterocycles. The lowest BCUT2D eigenvalue weighted by Crippen LogP contribution is -2.35. The molecule has 0 heterocycles. The fourth-order valence-electron chi connectivity index (χ4n) is 2.04. The van der Waals surface area contributed by atoms with Crippen LogP contribution < -0.4 is 15.4 Å². The number of ether oxygens (including phenoxy) is 1. The number of rotatable bonds is 6. The van der Waals surface area contributed by atoms with Crippen LogP contribution in [0.5, 0.6) is 5.75 Å². The Morgan fingerprint density at radius 1 is 1.09 bits per heavy atom. The summed E-state index contributed by atoms with van der Waals surface area (Å²) in [5, 5.41) is 5.51. The van der Waals surface area contributed by atoms with Crippen molar-refractivity contribution in [1.29, 1.82) is 0 Å². The number of carbonyl (C=O) groups excluding carboxylic acids is 2. The number of hydrogen-bond donors (Lipinski definition) is 2. The maximum absolute atomic E-state index is 12.1. The zero-order chi connectivity index (χ0) is 16.7. The minimum atomic E-state index is -0.633. The number of benzene rings is 2. The highest BCUT2D eigenvalue weighted by molar-refractivity contribution is 5.88. The predicted octanol–water partition coefficient (Wildman–Crippen LogP) is 2.73. The van der Waals surface area contributed by atoms with E-state index in [0.29, 0.717) is 18.0 Å². The van der Waals surface area contributed by atoms with Crippen LogP contribution in [0.3, 0.4) is 0 Å². The van der Waals surface area contributed by atoms with Crippen molar-refractivity contribution in [3.8, 4) is 5.75 Å². The molecule has 0 fully saturated rings. The summed E-state index contributed by atoms with van der Waals surface area (Å²) in [7, 11) is 0. The summed E-state index contributed by atoms with van der Waals surface area (Å²) in [6.45, 7) is 3.58. The molecule has 5 nitrogen and oxygen atoms in total. The Balaban J connectivity index is 1.89. The summed E-state index contributed by atoms with van der Waals surface area (Å²) in [6.07, 6.45) is -0.633. The van der Waals surface area contributed by atoms with E-state index >= 15 is 0 Å². The number of hydrogen-bond acceptors (Lipinski definition) is 3. The van der Waals surface area contributed by atoms with Crippen molar-refractivity contribution in [2.24, 2.45) is 0 Å². The quantitative estimate of drug-likeness (QED) is 0.862. The van der Waals surface area contributed by atoms with Gasteiger partial charge < -0.3 is 15.4 Å². The molecular formula is C18H20N2O3. The Bertz CT molecular complexity index is 671. The standard InChI is InChI=1S/C18H20N2O3/c1-13(18(22)19-12-15-7-4-3-5-8-15)23-17-10-6-9-16(11-17)20-14(2)21/h3-11,13H,12H2,1-2H3,(H,19,22)(H,20,21)/t13-/m0/s1. The van der Waals surface area contributed by atoms with Gasteiger partial charge in [0.1, 0.15) is 5.75 Å². The Labute approximate surface area is 135 Å². The zero-order valence-electron chi connectivity index (χ0n) is 13.2. The highest BCUT2D eigenvalue weighted by atomic mass is 16.5. The van der Waals surface area contributed by atoms with Crippen molar-refractivity contribution in [1.82, 2.24) is 5.32 Å². The molecule has 2 aromatic rings. The van der Waals surface area contributed by atoms with Gasteiger partial charge in [-0.25, -0.2) is 0 Å². The van der Waals surface area contributed by atoms with Crippen LogP contribution >= 0.6 is 0 Å². The first-order chi connectivity index (χ1) is 11.0. The molecule has 0 bridgehead atoms. The molecule has 0 spiro atoms. The predicted molar refractivity (Wildman–Crippen MR) is 89.1 cm³/mol. The van der Waals surface area contributed by atoms with Gasteiger partial charge in [0.15, 0.2) is 6.10 Å². The molecule has 0 saturated heterocycles. The molecule has 0 aromatic heterocycles. The number of nitrogens with one attached hydrogen (secondary N) is 2. The van der Waals surface area contributed by atoms with E-state index in [9.17, 15) is 9.59 Å². The topological polar surface area (TPSA) is 67.4 Å². The Morgan fingerprint density at radius 2 is 1.83 bits per heavy atom. The third-order valence-electron chi connectivity index (χ3n) is 3.15. The Hall–Kier alpha value is -2.82. The van der Waals surface area contributed by atoms with Gasteiger partial charge in [-0.3, -0.25) is 9.59 Å². The van der Waals surface area contributed by atoms with Gasteiger partial charge in [0.25, 0.3) is 5.91 Å². The number of anilines is 1. The van der Waals surface area contributed by atoms with Gasteiger partial charge in [-0.1, -0.05) is 36.4 Å². The average molecular weight is 312 g/mol. The number of amides is 2. The second kappa shape index (κ2) is 7.98. The smallest absolute Gasteiger partial charge is 0.261 e. The SMILES string of the molecule is CC(=O)Nc1cccc(O[C@@H](C)C(=O)NCc2ccccc2)c1. The highest BCUT2D eigenvalue weighted by Gasteiger charge is 2.14. The summed E-state index contributed by atoms with van der Waals surface area (Å²) in [4.78, 5) is 23.1. The van der Waals surface area contributed by atoms with E-state index < -0.39 is 6.10 Å². The molecule has 0 saturated carbocycles. The van der Waals surface area contributed by atoms with Crippen LogP contribution in [0.4, 0.5) is 5.69 Å². The maximum Gasteiger partial charge on any atom is 0.261 e. The minimum absolute atomic E-state index is 0.157. The molecular weight excluding hydrogens is 292 g/mol. The van der Waals surface area contributed by atoms with Crippen molar-refractivity contribution in [2.75, 3.05) is 5.32 Å². The second-order valence-corrected chi connectivity index (χ2v) is 5.17. The molecule has 23 heavy (non-hydrogen) atoms. The largest absolute Gasteiger partial charge is 0.481 e. The van der Waals surface area contributed by atoms with Crippen molar-refractivity contribution in [2.45, 2.75) is 26.5 Å². The van der Waals surface area contributed by atoms with Crippen molar-refractivity contribution in [3.05, 3.63) is 60.2 Å². The van der Waals surface area contributed by atoms with E-state index in [1.54, 1.807) is 31.2 Å². The monoisotopic (exact) mass is 312 g/mol. The molecule has 2 N–H and O–H groups in total. The first-order valence-corrected chi connectivity index (χ1v) is 7.40. The first kappa shape index (κ1) is 16.5. The van der Waals surface area contributed by atoms with Crippen molar-refractivity contribution < 1.29 is 14.3 Å². The lowest BCUT2D eigenvalue weighted by molar-refractivity contribution is -0.127. The van der Waals surface area contributed by atoms with Crippen LogP contribution in [0.25, 0.3) is 0 Å². The summed E-state index contributed by atoms with van der Waals surface area (Å²) in [6, 6.07) is 16.6. The van der Waals surface area contributed by atoms with Gasteiger partial charge in [0, 0.05) is 25.2 Å². The highest BCUT2D eigenvalue weighted by Crippen LogP contribution is 2.18. The molecule has 0 unspecified atom stereocenters. The van der Waals surface area contributed by atoms with Gasteiger partial charge in [-0.05, 0) is 24.6 Å². The normalized spacial score (nSPS) is 11.4. The summed E-state index contributed by atoms with van der Waals surface area (Å²) < 4.78 is 5.62. The summed E-state index contributed by atoms with van der Waals surface area (Å²) in [5.74, 6) is 0.174. The van der Waals surface area contributed by atoms with Crippen LogP contribution in [0, 0.1) is 0 Å². The van der Waals surface area contributed by atoms with Crippen LogP contribution in [0.15, 0.2) is 54.6 Å². The molecule has 0 aliphatic carbocycles. The van der Waals surface area contributed by atoms with E-state index in [0.717, 1.165) is 5.56 Å². The second-order valence-electron chi connectivity index (χ2n) is 5.17. The van der Waals surface area contributed by atoms with Crippen LogP contribution in [-0.4, -0.2) is 17.9 Å². The molecule has 120 valence electrons. The lowest BCUT2D eigenvalue weighted by atomic mass is 10.2. The van der Waals surface area contributed by atoms with Gasteiger partial charge >= 0.3 is 0 Å². The van der Waals surface area contributed by atoms with Crippen molar-refractivity contribution in [3.63, 3.8) is 0 Å². The fraction of sp³-hybridized carbons (Fsp3) is 0.222. The van der Waals surface area contributed by atoms with Crippen LogP contribution in [0.2, 0.25) is 0 Å². The fourth-order valence-corrected chi connectivity index (χ4v) is 2.04. The zero-order valence-corrected chi connectivity index (χ0v) is 13.2. The molecule has 2 amide bonds. The third kappa shape index (κ3) is 5.47. The van der Waals surface area contributed by atoms with Crippen LogP contribution in [0.1, 0.15) is 19.4 Å². The molecule has 2 rings (SSSR count). The first-order valence-electron chi connectivity index (χ1n) is 7.40. The average Bonchev–Trinajstić information content (AvgIpc) is 2.53. The Morgan fingerprint density at radius 3 is 2.52 bits per heavy atom. The van der Waals surface area contributed by atoms with E-state index in [1.165, 1.54) is 6.92 Å². The van der Waals surface area contributed by atoms with Crippen molar-refractivity contribution >= 4 is 17.5 Å². The number of carbonyl (C=O) groups is 2. The lowest BCUT2D eigenvalue weighted by Gasteiger charge is -2.15. The van der Waals surface area contributed by atoms with E-state index in [-0.39, 0.29) is 11.8 Å². The van der Waals surface area contributed by atoms with Gasteiger partial charge in [-0.15, -0.1) is 0 Å². The maximum atomic E-state index is 12.1. The summed E-state index contributed by atoms with van der Waals surface area (Å²) in [5.41, 5.74) is 1.66. The molecule has 0 aliphatic rings. The van der Waals surface area contributed by atoms with E-state index in [2.05, 4.69) is 10.6 Å². The van der Waals surface area contributed by atoms with Gasteiger partial charge in [0.2, 0.25) is 5.91 Å². The van der Waals surface area contributed by atoms with Crippen LogP contribution in [-0.2, 0) is 16.1 Å². The van der Waals surface area contributed by atoms with E-state index in [1.807, 2.05) is 30.3 Å². The summed E-state index contributed by atoms with van der Waals surface area (Å²) >= 11 is 0. The molecule has 2 aromatic carbocycles. The van der Waals surface area contributed by atoms with Gasteiger partial charge in [-0.2, -0.15) is 0 Å². The molecule has 1 atom stereocenters. The molecule has 0 radical (unpaired) electrons. The van der Waals surface area contributed by atoms with Gasteiger partial charge in [0.05, 0.1) is 0 Å². The minimum Gasteiger partial charge on any atom is -0.481 e. The van der Waals surface area contributed by atoms with E-state index in [4.69, 9.17) is 4.74 Å². The Kier molecular flexibility index (Phi) is 5.74. The molecule has 5 heteroatoms. The third-order valence-corrected chi connectivity index (χ3v) is 3.15.